The summed E-state index contributed by atoms with van der Waals surface area (Å²) < 4.78 is 37.2. The molecule has 0 spiro atoms. The summed E-state index contributed by atoms with van der Waals surface area (Å²) in [4.78, 5) is 11.0. The van der Waals surface area contributed by atoms with Crippen molar-refractivity contribution in [1.82, 2.24) is 0 Å². The number of alkyl halides is 3. The number of rotatable bonds is 2. The van der Waals surface area contributed by atoms with Gasteiger partial charge in [0.25, 0.3) is 0 Å². The van der Waals surface area contributed by atoms with Crippen LogP contribution in [0.25, 0.3) is 5.57 Å². The number of carboxylic acids is 1. The van der Waals surface area contributed by atoms with Gasteiger partial charge in [0.2, 0.25) is 0 Å². The van der Waals surface area contributed by atoms with Crippen LogP contribution in [0, 0.1) is 0 Å². The Hall–Kier alpha value is -1.78. The first kappa shape index (κ1) is 12.7. The van der Waals surface area contributed by atoms with Crippen molar-refractivity contribution >= 4 is 11.5 Å². The summed E-state index contributed by atoms with van der Waals surface area (Å²) in [6.45, 7) is 0. The van der Waals surface area contributed by atoms with Crippen LogP contribution < -0.4 is 0 Å². The van der Waals surface area contributed by atoms with Crippen LogP contribution in [-0.2, 0) is 11.0 Å². The normalized spacial score (nSPS) is 16.2. The monoisotopic (exact) mass is 256 g/mol. The van der Waals surface area contributed by atoms with Gasteiger partial charge in [0, 0.05) is 5.57 Å². The summed E-state index contributed by atoms with van der Waals surface area (Å²) in [5.74, 6) is -0.984. The van der Waals surface area contributed by atoms with Gasteiger partial charge in [0.05, 0.1) is 5.56 Å². The molecular formula is C13H11F3O2. The van der Waals surface area contributed by atoms with E-state index in [-0.39, 0.29) is 0 Å². The van der Waals surface area contributed by atoms with Crippen molar-refractivity contribution in [2.75, 3.05) is 0 Å². The van der Waals surface area contributed by atoms with E-state index in [0.29, 0.717) is 29.6 Å². The first-order chi connectivity index (χ1) is 8.39. The molecule has 0 fully saturated rings. The van der Waals surface area contributed by atoms with E-state index in [1.807, 2.05) is 0 Å². The minimum atomic E-state index is -4.36. The van der Waals surface area contributed by atoms with Crippen molar-refractivity contribution in [3.8, 4) is 0 Å². The van der Waals surface area contributed by atoms with Crippen molar-refractivity contribution in [2.24, 2.45) is 0 Å². The first-order valence-corrected chi connectivity index (χ1v) is 5.52. The molecule has 0 unspecified atom stereocenters. The van der Waals surface area contributed by atoms with E-state index in [1.54, 1.807) is 0 Å². The molecule has 0 atom stereocenters. The topological polar surface area (TPSA) is 37.3 Å². The molecule has 18 heavy (non-hydrogen) atoms. The number of carbonyl (C=O) groups is 1. The molecule has 1 aromatic carbocycles. The minimum Gasteiger partial charge on any atom is -0.478 e. The van der Waals surface area contributed by atoms with Crippen LogP contribution in [0.15, 0.2) is 29.8 Å². The molecule has 0 amide bonds. The van der Waals surface area contributed by atoms with Gasteiger partial charge in [-0.05, 0) is 42.5 Å². The van der Waals surface area contributed by atoms with Gasteiger partial charge in [-0.2, -0.15) is 13.2 Å². The smallest absolute Gasteiger partial charge is 0.416 e. The highest BCUT2D eigenvalue weighted by atomic mass is 19.4. The summed E-state index contributed by atoms with van der Waals surface area (Å²) in [5.41, 5.74) is 0.811. The van der Waals surface area contributed by atoms with Crippen LogP contribution in [-0.4, -0.2) is 11.1 Å². The molecule has 0 aromatic heterocycles. The molecule has 0 saturated heterocycles. The Bertz CT molecular complexity index is 498. The van der Waals surface area contributed by atoms with E-state index >= 15 is 0 Å². The molecule has 1 aromatic rings. The van der Waals surface area contributed by atoms with Gasteiger partial charge in [0.15, 0.2) is 0 Å². The number of allylic oxidation sites excluding steroid dienone is 1. The Kier molecular flexibility index (Phi) is 3.15. The second kappa shape index (κ2) is 4.48. The lowest BCUT2D eigenvalue weighted by Gasteiger charge is -2.09. The van der Waals surface area contributed by atoms with Gasteiger partial charge in [-0.1, -0.05) is 12.1 Å². The van der Waals surface area contributed by atoms with Crippen molar-refractivity contribution in [1.29, 1.82) is 0 Å². The van der Waals surface area contributed by atoms with Gasteiger partial charge in [-0.15, -0.1) is 0 Å². The van der Waals surface area contributed by atoms with Crippen LogP contribution in [0.4, 0.5) is 13.2 Å². The Morgan fingerprint density at radius 2 is 1.72 bits per heavy atom. The third kappa shape index (κ3) is 2.39. The lowest BCUT2D eigenvalue weighted by molar-refractivity contribution is -0.137. The molecule has 0 aliphatic heterocycles. The highest BCUT2D eigenvalue weighted by molar-refractivity contribution is 5.97. The molecule has 2 rings (SSSR count). The van der Waals surface area contributed by atoms with Gasteiger partial charge >= 0.3 is 12.1 Å². The summed E-state index contributed by atoms with van der Waals surface area (Å²) in [6, 6.07) is 4.65. The Morgan fingerprint density at radius 3 is 2.22 bits per heavy atom. The SMILES string of the molecule is O=C(O)C1=C(c2ccc(C(F)(F)F)cc2)CCC1. The molecule has 1 aliphatic carbocycles. The second-order valence-corrected chi connectivity index (χ2v) is 4.19. The molecular weight excluding hydrogens is 245 g/mol. The first-order valence-electron chi connectivity index (χ1n) is 5.52. The number of aliphatic carboxylic acids is 1. The predicted molar refractivity (Wildman–Crippen MR) is 59.9 cm³/mol. The van der Waals surface area contributed by atoms with Gasteiger partial charge in [-0.25, -0.2) is 4.79 Å². The molecule has 0 heterocycles. The molecule has 0 saturated carbocycles. The van der Waals surface area contributed by atoms with Crippen LogP contribution in [0.1, 0.15) is 30.4 Å². The van der Waals surface area contributed by atoms with Crippen LogP contribution in [0.5, 0.6) is 0 Å². The third-order valence-electron chi connectivity index (χ3n) is 3.04. The van der Waals surface area contributed by atoms with E-state index < -0.39 is 17.7 Å². The van der Waals surface area contributed by atoms with Crippen LogP contribution >= 0.6 is 0 Å². The second-order valence-electron chi connectivity index (χ2n) is 4.19. The van der Waals surface area contributed by atoms with Crippen LogP contribution in [0.3, 0.4) is 0 Å². The highest BCUT2D eigenvalue weighted by Crippen LogP contribution is 2.35. The predicted octanol–water partition coefficient (Wildman–Crippen LogP) is 3.73. The number of benzene rings is 1. The van der Waals surface area contributed by atoms with E-state index in [2.05, 4.69) is 0 Å². The largest absolute Gasteiger partial charge is 0.478 e. The lowest BCUT2D eigenvalue weighted by Crippen LogP contribution is -2.04. The fourth-order valence-corrected chi connectivity index (χ4v) is 2.16. The number of hydrogen-bond acceptors (Lipinski definition) is 1. The van der Waals surface area contributed by atoms with E-state index in [4.69, 9.17) is 5.11 Å². The van der Waals surface area contributed by atoms with Crippen LogP contribution in [0.2, 0.25) is 0 Å². The average molecular weight is 256 g/mol. The minimum absolute atomic E-state index is 0.315. The molecule has 96 valence electrons. The van der Waals surface area contributed by atoms with Crippen molar-refractivity contribution in [3.63, 3.8) is 0 Å². The van der Waals surface area contributed by atoms with E-state index in [9.17, 15) is 18.0 Å². The summed E-state index contributed by atoms with van der Waals surface area (Å²) in [5, 5.41) is 8.99. The van der Waals surface area contributed by atoms with Gasteiger partial charge < -0.3 is 5.11 Å². The lowest BCUT2D eigenvalue weighted by atomic mass is 10.0. The molecule has 1 N–H and O–H groups in total. The standard InChI is InChI=1S/C13H11F3O2/c14-13(15,16)9-6-4-8(5-7-9)10-2-1-3-11(10)12(17)18/h4-7H,1-3H2,(H,17,18). The Morgan fingerprint density at radius 1 is 1.11 bits per heavy atom. The highest BCUT2D eigenvalue weighted by Gasteiger charge is 2.30. The van der Waals surface area contributed by atoms with Gasteiger partial charge in [0.1, 0.15) is 0 Å². The van der Waals surface area contributed by atoms with Crippen molar-refractivity contribution < 1.29 is 23.1 Å². The van der Waals surface area contributed by atoms with E-state index in [0.717, 1.165) is 18.6 Å². The van der Waals surface area contributed by atoms with Crippen molar-refractivity contribution in [3.05, 3.63) is 41.0 Å². The maximum absolute atomic E-state index is 12.4. The zero-order chi connectivity index (χ0) is 13.3. The molecule has 1 aliphatic rings. The summed E-state index contributed by atoms with van der Waals surface area (Å²) in [7, 11) is 0. The van der Waals surface area contributed by atoms with Crippen molar-refractivity contribution in [2.45, 2.75) is 25.4 Å². The summed E-state index contributed by atoms with van der Waals surface area (Å²) >= 11 is 0. The number of hydrogen-bond donors (Lipinski definition) is 1. The molecule has 5 heteroatoms. The third-order valence-corrected chi connectivity index (χ3v) is 3.04. The zero-order valence-corrected chi connectivity index (χ0v) is 9.42. The maximum atomic E-state index is 12.4. The summed E-state index contributed by atoms with van der Waals surface area (Å²) in [6.07, 6.45) is -2.55. The Balaban J connectivity index is 2.36. The number of carboxylic acid groups (broad SMARTS) is 1. The fourth-order valence-electron chi connectivity index (χ4n) is 2.16. The van der Waals surface area contributed by atoms with Gasteiger partial charge in [-0.3, -0.25) is 0 Å². The van der Waals surface area contributed by atoms with E-state index in [1.165, 1.54) is 12.1 Å². The fraction of sp³-hybridized carbons (Fsp3) is 0.308. The Labute approximate surface area is 102 Å². The molecule has 2 nitrogen and oxygen atoms in total. The maximum Gasteiger partial charge on any atom is 0.416 e. The zero-order valence-electron chi connectivity index (χ0n) is 9.42. The molecule has 0 bridgehead atoms. The quantitative estimate of drug-likeness (QED) is 0.875. The number of halogens is 3. The molecule has 0 radical (unpaired) electrons. The average Bonchev–Trinajstić information content (AvgIpc) is 2.77.